The van der Waals surface area contributed by atoms with Gasteiger partial charge in [0.2, 0.25) is 5.69 Å². The minimum atomic E-state index is 0.488. The summed E-state index contributed by atoms with van der Waals surface area (Å²) in [4.78, 5) is 4.09. The lowest BCUT2D eigenvalue weighted by atomic mass is 10.1. The highest BCUT2D eigenvalue weighted by Gasteiger charge is 2.25. The summed E-state index contributed by atoms with van der Waals surface area (Å²) in [7, 11) is 0. The van der Waals surface area contributed by atoms with E-state index in [4.69, 9.17) is 5.26 Å². The zero-order valence-electron chi connectivity index (χ0n) is 8.01. The fourth-order valence-corrected chi connectivity index (χ4v) is 1.96. The molecule has 1 aliphatic rings. The fraction of sp³-hybridized carbons (Fsp3) is 0.0833. The normalized spacial score (nSPS) is 11.7. The Morgan fingerprint density at radius 3 is 3.20 bits per heavy atom. The van der Waals surface area contributed by atoms with Crippen LogP contribution in [0.1, 0.15) is 11.3 Å². The molecule has 70 valence electrons. The average Bonchev–Trinajstić information content (AvgIpc) is 2.66. The van der Waals surface area contributed by atoms with Crippen LogP contribution in [-0.2, 0) is 6.54 Å². The van der Waals surface area contributed by atoms with Crippen molar-refractivity contribution >= 4 is 0 Å². The minimum absolute atomic E-state index is 0.488. The first kappa shape index (κ1) is 8.13. The van der Waals surface area contributed by atoms with Crippen LogP contribution in [0.2, 0.25) is 0 Å². The Morgan fingerprint density at radius 1 is 1.40 bits per heavy atom. The van der Waals surface area contributed by atoms with Crippen molar-refractivity contribution in [3.05, 3.63) is 47.9 Å². The number of nitrogens with zero attached hydrogens (tertiary/aromatic N) is 3. The van der Waals surface area contributed by atoms with E-state index in [-0.39, 0.29) is 0 Å². The van der Waals surface area contributed by atoms with E-state index in [2.05, 4.69) is 21.7 Å². The molecule has 0 aliphatic carbocycles. The second kappa shape index (κ2) is 2.89. The summed E-state index contributed by atoms with van der Waals surface area (Å²) in [5.41, 5.74) is 3.97. The number of nitriles is 1. The highest BCUT2D eigenvalue weighted by molar-refractivity contribution is 5.62. The Bertz CT molecular complexity index is 582. The van der Waals surface area contributed by atoms with Crippen LogP contribution in [0.3, 0.4) is 0 Å². The molecular weight excluding hydrogens is 186 g/mol. The molecule has 2 aromatic heterocycles. The van der Waals surface area contributed by atoms with E-state index in [1.54, 1.807) is 6.20 Å². The van der Waals surface area contributed by atoms with Crippen LogP contribution in [0.5, 0.6) is 0 Å². The van der Waals surface area contributed by atoms with Gasteiger partial charge in [-0.1, -0.05) is 0 Å². The predicted molar refractivity (Wildman–Crippen MR) is 53.7 cm³/mol. The van der Waals surface area contributed by atoms with Gasteiger partial charge < -0.3 is 0 Å². The largest absolute Gasteiger partial charge is 0.245 e. The lowest BCUT2D eigenvalue weighted by Gasteiger charge is -1.92. The van der Waals surface area contributed by atoms with Crippen molar-refractivity contribution in [2.24, 2.45) is 0 Å². The van der Waals surface area contributed by atoms with Crippen molar-refractivity contribution in [3.8, 4) is 17.3 Å². The number of hydrogen-bond donors (Lipinski definition) is 0. The summed E-state index contributed by atoms with van der Waals surface area (Å²) in [5, 5.41) is 8.77. The van der Waals surface area contributed by atoms with Gasteiger partial charge in [-0.25, -0.2) is 4.98 Å². The molecule has 2 aromatic rings. The van der Waals surface area contributed by atoms with Gasteiger partial charge in [0.05, 0.1) is 5.56 Å². The highest BCUT2D eigenvalue weighted by atomic mass is 15.0. The van der Waals surface area contributed by atoms with E-state index in [9.17, 15) is 0 Å². The molecule has 0 saturated heterocycles. The zero-order chi connectivity index (χ0) is 10.3. The Morgan fingerprint density at radius 2 is 2.33 bits per heavy atom. The van der Waals surface area contributed by atoms with Crippen LogP contribution >= 0.6 is 0 Å². The Hall–Kier alpha value is -2.21. The standard InChI is InChI=1S/C12H8N3/c13-6-10-5-9-8-15-4-2-1-3-12(15)11(9)7-14-10/h1-5,7H,8H2/q+1. The summed E-state index contributed by atoms with van der Waals surface area (Å²) >= 11 is 0. The van der Waals surface area contributed by atoms with Crippen molar-refractivity contribution < 1.29 is 4.57 Å². The second-order valence-corrected chi connectivity index (χ2v) is 3.55. The van der Waals surface area contributed by atoms with Crippen molar-refractivity contribution in [2.75, 3.05) is 0 Å². The molecule has 3 heterocycles. The van der Waals surface area contributed by atoms with Gasteiger partial charge >= 0.3 is 0 Å². The van der Waals surface area contributed by atoms with Gasteiger partial charge in [0.1, 0.15) is 11.8 Å². The summed E-state index contributed by atoms with van der Waals surface area (Å²) in [5.74, 6) is 0. The van der Waals surface area contributed by atoms with E-state index in [0.717, 1.165) is 12.1 Å². The monoisotopic (exact) mass is 194 g/mol. The lowest BCUT2D eigenvalue weighted by molar-refractivity contribution is -0.672. The smallest absolute Gasteiger partial charge is 0.214 e. The number of aromatic nitrogens is 2. The molecule has 3 heteroatoms. The highest BCUT2D eigenvalue weighted by Crippen LogP contribution is 2.25. The fourth-order valence-electron chi connectivity index (χ4n) is 1.96. The van der Waals surface area contributed by atoms with Crippen LogP contribution in [-0.4, -0.2) is 4.98 Å². The molecule has 0 aromatic carbocycles. The van der Waals surface area contributed by atoms with Gasteiger partial charge in [-0.3, -0.25) is 0 Å². The molecule has 0 amide bonds. The Kier molecular flexibility index (Phi) is 1.57. The van der Waals surface area contributed by atoms with Crippen LogP contribution < -0.4 is 4.57 Å². The van der Waals surface area contributed by atoms with Gasteiger partial charge in [0, 0.05) is 23.9 Å². The van der Waals surface area contributed by atoms with E-state index >= 15 is 0 Å². The zero-order valence-corrected chi connectivity index (χ0v) is 8.01. The molecule has 3 rings (SSSR count). The van der Waals surface area contributed by atoms with Crippen LogP contribution in [0.4, 0.5) is 0 Å². The summed E-state index contributed by atoms with van der Waals surface area (Å²) in [6.45, 7) is 0.836. The topological polar surface area (TPSA) is 40.6 Å². The molecule has 0 bridgehead atoms. The summed E-state index contributed by atoms with van der Waals surface area (Å²) < 4.78 is 2.16. The van der Waals surface area contributed by atoms with Gasteiger partial charge in [-0.2, -0.15) is 9.83 Å². The molecule has 0 unspecified atom stereocenters. The van der Waals surface area contributed by atoms with Crippen LogP contribution in [0.25, 0.3) is 11.3 Å². The van der Waals surface area contributed by atoms with Gasteiger partial charge in [-0.05, 0) is 12.1 Å². The molecule has 0 radical (unpaired) electrons. The SMILES string of the molecule is N#Cc1cc2c(cn1)-c1cccc[n+]1C2. The van der Waals surface area contributed by atoms with Gasteiger partial charge in [0.25, 0.3) is 0 Å². The quantitative estimate of drug-likeness (QED) is 0.506. The number of fused-ring (bicyclic) bond motifs is 3. The second-order valence-electron chi connectivity index (χ2n) is 3.55. The number of hydrogen-bond acceptors (Lipinski definition) is 2. The molecule has 0 atom stereocenters. The first-order valence-electron chi connectivity index (χ1n) is 4.76. The first-order chi connectivity index (χ1) is 7.38. The van der Waals surface area contributed by atoms with E-state index in [1.807, 2.05) is 24.4 Å². The van der Waals surface area contributed by atoms with Crippen molar-refractivity contribution in [3.63, 3.8) is 0 Å². The summed E-state index contributed by atoms with van der Waals surface area (Å²) in [6.07, 6.45) is 3.83. The number of rotatable bonds is 0. The molecule has 0 N–H and O–H groups in total. The third kappa shape index (κ3) is 1.12. The van der Waals surface area contributed by atoms with Crippen molar-refractivity contribution in [1.29, 1.82) is 5.26 Å². The van der Waals surface area contributed by atoms with E-state index < -0.39 is 0 Å². The molecule has 0 spiro atoms. The molecule has 3 nitrogen and oxygen atoms in total. The Labute approximate surface area is 87.3 Å². The first-order valence-corrected chi connectivity index (χ1v) is 4.76. The third-order valence-electron chi connectivity index (χ3n) is 2.66. The van der Waals surface area contributed by atoms with Crippen LogP contribution in [0.15, 0.2) is 36.7 Å². The maximum absolute atomic E-state index is 8.77. The molecule has 1 aliphatic heterocycles. The molecular formula is C12H8N3+. The molecule has 0 saturated carbocycles. The molecule has 0 fully saturated rings. The van der Waals surface area contributed by atoms with Crippen LogP contribution in [0, 0.1) is 11.3 Å². The summed E-state index contributed by atoms with van der Waals surface area (Å²) in [6, 6.07) is 10.0. The van der Waals surface area contributed by atoms with Crippen molar-refractivity contribution in [2.45, 2.75) is 6.54 Å². The third-order valence-corrected chi connectivity index (χ3v) is 2.66. The van der Waals surface area contributed by atoms with Gasteiger partial charge in [-0.15, -0.1) is 0 Å². The number of pyridine rings is 2. The maximum atomic E-state index is 8.77. The van der Waals surface area contributed by atoms with E-state index in [0.29, 0.717) is 5.69 Å². The van der Waals surface area contributed by atoms with Gasteiger partial charge in [0.15, 0.2) is 12.7 Å². The predicted octanol–water partition coefficient (Wildman–Crippen LogP) is 1.27. The van der Waals surface area contributed by atoms with E-state index in [1.165, 1.54) is 11.3 Å². The Balaban J connectivity index is 2.23. The maximum Gasteiger partial charge on any atom is 0.214 e. The molecule has 15 heavy (non-hydrogen) atoms. The van der Waals surface area contributed by atoms with Crippen molar-refractivity contribution in [1.82, 2.24) is 4.98 Å². The lowest BCUT2D eigenvalue weighted by Crippen LogP contribution is -2.31. The minimum Gasteiger partial charge on any atom is -0.245 e. The average molecular weight is 194 g/mol.